The van der Waals surface area contributed by atoms with E-state index in [1.807, 2.05) is 76.2 Å². The average molecular weight is 374 g/mol. The second-order valence-electron chi connectivity index (χ2n) is 6.82. The van der Waals surface area contributed by atoms with Gasteiger partial charge in [-0.2, -0.15) is 0 Å². The largest absolute Gasteiger partial charge is 0.295 e. The fraction of sp³-hybridized carbons (Fsp3) is 0.231. The van der Waals surface area contributed by atoms with Gasteiger partial charge in [0.1, 0.15) is 0 Å². The van der Waals surface area contributed by atoms with Crippen LogP contribution in [0.2, 0.25) is 0 Å². The first-order chi connectivity index (χ1) is 13.3. The summed E-state index contributed by atoms with van der Waals surface area (Å²) in [5.41, 5.74) is 7.38. The number of aryl methyl sites for hydroxylation is 1. The third-order valence-corrected chi connectivity index (χ3v) is 4.29. The lowest BCUT2D eigenvalue weighted by Gasteiger charge is -2.08. The number of hydrogen-bond donors (Lipinski definition) is 0. The molecular formula is C26H31NO. The molecule has 0 fully saturated rings. The maximum absolute atomic E-state index is 10.8. The van der Waals surface area contributed by atoms with Crippen molar-refractivity contribution in [2.45, 2.75) is 41.0 Å². The van der Waals surface area contributed by atoms with E-state index < -0.39 is 0 Å². The quantitative estimate of drug-likeness (QED) is 0.229. The lowest BCUT2D eigenvalue weighted by Crippen LogP contribution is -1.96. The van der Waals surface area contributed by atoms with Crippen LogP contribution in [0.1, 0.15) is 55.6 Å². The second kappa shape index (κ2) is 11.7. The molecule has 0 spiro atoms. The molecule has 0 bridgehead atoms. The molecule has 0 aliphatic heterocycles. The van der Waals surface area contributed by atoms with Crippen LogP contribution >= 0.6 is 0 Å². The Balaban J connectivity index is 0.000000330. The van der Waals surface area contributed by atoms with Crippen molar-refractivity contribution in [3.05, 3.63) is 107 Å². The van der Waals surface area contributed by atoms with Crippen LogP contribution in [0, 0.1) is 6.92 Å². The lowest BCUT2D eigenvalue weighted by molar-refractivity contribution is 0.101. The van der Waals surface area contributed by atoms with Gasteiger partial charge in [-0.05, 0) is 52.2 Å². The van der Waals surface area contributed by atoms with Crippen LogP contribution in [0.25, 0.3) is 0 Å². The Morgan fingerprint density at radius 2 is 1.50 bits per heavy atom. The third kappa shape index (κ3) is 7.71. The number of aliphatic imine (C=N–C) groups is 1. The van der Waals surface area contributed by atoms with Gasteiger partial charge in [-0.1, -0.05) is 78.4 Å². The molecular weight excluding hydrogens is 342 g/mol. The molecule has 2 aromatic carbocycles. The van der Waals surface area contributed by atoms with Crippen LogP contribution in [0.3, 0.4) is 0 Å². The van der Waals surface area contributed by atoms with Crippen LogP contribution in [-0.4, -0.2) is 11.5 Å². The Morgan fingerprint density at radius 1 is 0.929 bits per heavy atom. The van der Waals surface area contributed by atoms with E-state index in [1.165, 1.54) is 11.1 Å². The molecule has 0 unspecified atom stereocenters. The summed E-state index contributed by atoms with van der Waals surface area (Å²) in [7, 11) is 0. The molecule has 0 aliphatic carbocycles. The average Bonchev–Trinajstić information content (AvgIpc) is 2.67. The van der Waals surface area contributed by atoms with Crippen molar-refractivity contribution in [3.8, 4) is 0 Å². The Bertz CT molecular complexity index is 868. The second-order valence-corrected chi connectivity index (χ2v) is 6.82. The molecule has 0 atom stereocenters. The molecule has 0 radical (unpaired) electrons. The molecule has 0 aromatic heterocycles. The van der Waals surface area contributed by atoms with Gasteiger partial charge in [0.2, 0.25) is 0 Å². The summed E-state index contributed by atoms with van der Waals surface area (Å²) in [5, 5.41) is 0. The van der Waals surface area contributed by atoms with Crippen LogP contribution in [0.5, 0.6) is 0 Å². The van der Waals surface area contributed by atoms with Gasteiger partial charge in [0.25, 0.3) is 0 Å². The fourth-order valence-corrected chi connectivity index (χ4v) is 2.63. The van der Waals surface area contributed by atoms with Crippen LogP contribution in [0.4, 0.5) is 0 Å². The highest BCUT2D eigenvalue weighted by Crippen LogP contribution is 2.19. The van der Waals surface area contributed by atoms with Gasteiger partial charge in [-0.25, -0.2) is 0 Å². The van der Waals surface area contributed by atoms with Crippen molar-refractivity contribution >= 4 is 11.5 Å². The standard InChI is InChI=1S/C17H21N.C9H10O/c1-6-10-17(13(2)3)15(5)18-14(4)16-11-8-7-9-12-16;1-7-3-5-9(6-4-7)8(2)10/h6-9,11-12H,1-2,10H2,3-5H3;3-6H,1-2H3/b17-15-,18-14?;. The van der Waals surface area contributed by atoms with E-state index in [0.29, 0.717) is 0 Å². The number of ketones is 1. The highest BCUT2D eigenvalue weighted by atomic mass is 16.1. The number of carbonyl (C=O) groups is 1. The minimum Gasteiger partial charge on any atom is -0.295 e. The minimum atomic E-state index is 0.125. The molecule has 0 saturated heterocycles. The van der Waals surface area contributed by atoms with E-state index in [1.54, 1.807) is 6.92 Å². The lowest BCUT2D eigenvalue weighted by atomic mass is 10.0. The van der Waals surface area contributed by atoms with E-state index in [2.05, 4.69) is 30.3 Å². The number of carbonyl (C=O) groups excluding carboxylic acids is 1. The van der Waals surface area contributed by atoms with Crippen LogP contribution in [0.15, 0.2) is 95.7 Å². The van der Waals surface area contributed by atoms with Gasteiger partial charge in [0.05, 0.1) is 0 Å². The van der Waals surface area contributed by atoms with Crippen molar-refractivity contribution in [3.63, 3.8) is 0 Å². The Morgan fingerprint density at radius 3 is 1.96 bits per heavy atom. The SMILES string of the molecule is C=CC/C(C(=C)C)=C(\C)N=C(C)c1ccccc1.CC(=O)c1ccc(C)cc1. The summed E-state index contributed by atoms with van der Waals surface area (Å²) < 4.78 is 0. The number of nitrogens with zero attached hydrogens (tertiary/aromatic N) is 1. The smallest absolute Gasteiger partial charge is 0.159 e. The molecule has 0 saturated carbocycles. The van der Waals surface area contributed by atoms with E-state index in [0.717, 1.165) is 34.5 Å². The van der Waals surface area contributed by atoms with Gasteiger partial charge in [-0.15, -0.1) is 6.58 Å². The van der Waals surface area contributed by atoms with Crippen molar-refractivity contribution in [1.82, 2.24) is 0 Å². The monoisotopic (exact) mass is 373 g/mol. The molecule has 0 aliphatic rings. The summed E-state index contributed by atoms with van der Waals surface area (Å²) in [6.07, 6.45) is 2.70. The molecule has 0 N–H and O–H groups in total. The maximum atomic E-state index is 10.8. The molecule has 146 valence electrons. The molecule has 28 heavy (non-hydrogen) atoms. The zero-order chi connectivity index (χ0) is 21.1. The van der Waals surface area contributed by atoms with E-state index >= 15 is 0 Å². The Hall–Kier alpha value is -3.00. The van der Waals surface area contributed by atoms with Gasteiger partial charge in [-0.3, -0.25) is 9.79 Å². The summed E-state index contributed by atoms with van der Waals surface area (Å²) in [6, 6.07) is 17.8. The molecule has 2 nitrogen and oxygen atoms in total. The number of hydrogen-bond acceptors (Lipinski definition) is 2. The van der Waals surface area contributed by atoms with Crippen molar-refractivity contribution < 1.29 is 4.79 Å². The first-order valence-corrected chi connectivity index (χ1v) is 9.41. The molecule has 0 amide bonds. The van der Waals surface area contributed by atoms with E-state index in [-0.39, 0.29) is 5.78 Å². The number of allylic oxidation sites excluding steroid dienone is 4. The molecule has 2 heteroatoms. The van der Waals surface area contributed by atoms with E-state index in [4.69, 9.17) is 0 Å². The summed E-state index contributed by atoms with van der Waals surface area (Å²) in [4.78, 5) is 15.4. The maximum Gasteiger partial charge on any atom is 0.159 e. The first-order valence-electron chi connectivity index (χ1n) is 9.41. The molecule has 2 aromatic rings. The first kappa shape index (κ1) is 23.0. The van der Waals surface area contributed by atoms with Gasteiger partial charge in [0.15, 0.2) is 5.78 Å². The number of rotatable bonds is 6. The highest BCUT2D eigenvalue weighted by Gasteiger charge is 2.03. The van der Waals surface area contributed by atoms with Crippen LogP contribution in [-0.2, 0) is 0 Å². The van der Waals surface area contributed by atoms with E-state index in [9.17, 15) is 4.79 Å². The fourth-order valence-electron chi connectivity index (χ4n) is 2.63. The molecule has 2 rings (SSSR count). The number of Topliss-reactive ketones (excluding diaryl/α,β-unsaturated/α-hetero) is 1. The summed E-state index contributed by atoms with van der Waals surface area (Å²) in [6.45, 7) is 17.4. The summed E-state index contributed by atoms with van der Waals surface area (Å²) >= 11 is 0. The Kier molecular flexibility index (Phi) is 9.59. The molecule has 0 heterocycles. The van der Waals surface area contributed by atoms with Gasteiger partial charge in [0, 0.05) is 17.0 Å². The predicted octanol–water partition coefficient (Wildman–Crippen LogP) is 7.12. The van der Waals surface area contributed by atoms with Crippen molar-refractivity contribution in [2.24, 2.45) is 4.99 Å². The zero-order valence-electron chi connectivity index (χ0n) is 17.8. The topological polar surface area (TPSA) is 29.4 Å². The Labute approximate surface area is 170 Å². The normalized spacial score (nSPS) is 11.7. The van der Waals surface area contributed by atoms with Gasteiger partial charge < -0.3 is 0 Å². The van der Waals surface area contributed by atoms with Crippen molar-refractivity contribution in [2.75, 3.05) is 0 Å². The van der Waals surface area contributed by atoms with Crippen molar-refractivity contribution in [1.29, 1.82) is 0 Å². The number of benzene rings is 2. The minimum absolute atomic E-state index is 0.125. The summed E-state index contributed by atoms with van der Waals surface area (Å²) in [5.74, 6) is 0.125. The van der Waals surface area contributed by atoms with Crippen LogP contribution < -0.4 is 0 Å². The predicted molar refractivity (Wildman–Crippen MR) is 122 cm³/mol. The third-order valence-electron chi connectivity index (χ3n) is 4.29. The zero-order valence-corrected chi connectivity index (χ0v) is 17.8. The van der Waals surface area contributed by atoms with Gasteiger partial charge >= 0.3 is 0 Å². The highest BCUT2D eigenvalue weighted by molar-refractivity contribution is 5.99.